The van der Waals surface area contributed by atoms with E-state index in [4.69, 9.17) is 0 Å². The Hall–Kier alpha value is -3.42. The first-order valence-electron chi connectivity index (χ1n) is 11.4. The number of anilines is 2. The van der Waals surface area contributed by atoms with Crippen LogP contribution in [0.15, 0.2) is 42.9 Å². The van der Waals surface area contributed by atoms with Crippen LogP contribution >= 0.6 is 0 Å². The third-order valence-electron chi connectivity index (χ3n) is 6.39. The van der Waals surface area contributed by atoms with Crippen molar-refractivity contribution in [3.8, 4) is 11.3 Å². The molecule has 4 rings (SSSR count). The van der Waals surface area contributed by atoms with E-state index in [1.165, 1.54) is 0 Å². The van der Waals surface area contributed by atoms with Crippen LogP contribution in [0, 0.1) is 18.3 Å². The molecule has 1 aliphatic heterocycles. The van der Waals surface area contributed by atoms with Gasteiger partial charge in [-0.05, 0) is 47.9 Å². The molecule has 2 amide bonds. The molecule has 3 heterocycles. The highest BCUT2D eigenvalue weighted by Gasteiger charge is 2.33. The fourth-order valence-corrected chi connectivity index (χ4v) is 4.18. The maximum atomic E-state index is 12.7. The SMILES string of the molecule is Cc1cc(-c2ccnc(Nc3cnn(C)c3)n2)ccc1CNC(=O)N1CC[C@H](C(C)(C)C)C1. The number of likely N-dealkylation sites (tertiary alicyclic amines) is 1. The van der Waals surface area contributed by atoms with Gasteiger partial charge in [0.15, 0.2) is 0 Å². The number of carbonyl (C=O) groups is 1. The van der Waals surface area contributed by atoms with Gasteiger partial charge in [-0.15, -0.1) is 0 Å². The first-order valence-corrected chi connectivity index (χ1v) is 11.4. The van der Waals surface area contributed by atoms with Gasteiger partial charge in [-0.1, -0.05) is 32.9 Å². The molecule has 8 heteroatoms. The van der Waals surface area contributed by atoms with Gasteiger partial charge in [-0.2, -0.15) is 5.10 Å². The zero-order valence-electron chi connectivity index (χ0n) is 20.1. The normalized spacial score (nSPS) is 16.2. The van der Waals surface area contributed by atoms with Crippen molar-refractivity contribution in [2.24, 2.45) is 18.4 Å². The van der Waals surface area contributed by atoms with Crippen molar-refractivity contribution in [2.75, 3.05) is 18.4 Å². The average Bonchev–Trinajstić information content (AvgIpc) is 3.42. The Labute approximate surface area is 195 Å². The van der Waals surface area contributed by atoms with Crippen LogP contribution in [0.1, 0.15) is 38.3 Å². The monoisotopic (exact) mass is 447 g/mol. The van der Waals surface area contributed by atoms with Crippen LogP contribution in [-0.2, 0) is 13.6 Å². The molecule has 1 atom stereocenters. The van der Waals surface area contributed by atoms with Crippen LogP contribution < -0.4 is 10.6 Å². The van der Waals surface area contributed by atoms with E-state index in [0.29, 0.717) is 18.4 Å². The summed E-state index contributed by atoms with van der Waals surface area (Å²) in [6.07, 6.45) is 6.41. The molecule has 0 saturated carbocycles. The average molecular weight is 448 g/mol. The first-order chi connectivity index (χ1) is 15.7. The number of benzene rings is 1. The Morgan fingerprint density at radius 3 is 2.73 bits per heavy atom. The van der Waals surface area contributed by atoms with Crippen LogP contribution in [0.25, 0.3) is 11.3 Å². The molecule has 0 radical (unpaired) electrons. The topological polar surface area (TPSA) is 88.0 Å². The lowest BCUT2D eigenvalue weighted by molar-refractivity contribution is 0.196. The Morgan fingerprint density at radius 1 is 1.24 bits per heavy atom. The third-order valence-corrected chi connectivity index (χ3v) is 6.39. The standard InChI is InChI=1S/C25H33N7O/c1-17-12-18(22-8-10-26-23(30-22)29-21-14-28-31(5)16-21)6-7-19(17)13-27-24(33)32-11-9-20(15-32)25(2,3)4/h6-8,10,12,14,16,20H,9,11,13,15H2,1-5H3,(H,27,33)(H,26,29,30)/t20-/m0/s1. The summed E-state index contributed by atoms with van der Waals surface area (Å²) in [5, 5.41) is 10.4. The maximum Gasteiger partial charge on any atom is 0.317 e. The van der Waals surface area contributed by atoms with Crippen molar-refractivity contribution >= 4 is 17.7 Å². The van der Waals surface area contributed by atoms with E-state index in [1.54, 1.807) is 17.1 Å². The number of hydrogen-bond donors (Lipinski definition) is 2. The first kappa shape index (κ1) is 22.8. The van der Waals surface area contributed by atoms with Crippen molar-refractivity contribution in [3.05, 3.63) is 54.0 Å². The van der Waals surface area contributed by atoms with Crippen molar-refractivity contribution in [1.82, 2.24) is 30.0 Å². The summed E-state index contributed by atoms with van der Waals surface area (Å²) in [4.78, 5) is 23.5. The van der Waals surface area contributed by atoms with E-state index >= 15 is 0 Å². The summed E-state index contributed by atoms with van der Waals surface area (Å²) in [7, 11) is 1.86. The largest absolute Gasteiger partial charge is 0.334 e. The van der Waals surface area contributed by atoms with E-state index in [-0.39, 0.29) is 11.4 Å². The Morgan fingerprint density at radius 2 is 2.06 bits per heavy atom. The highest BCUT2D eigenvalue weighted by molar-refractivity contribution is 5.74. The molecular formula is C25H33N7O. The molecule has 1 aliphatic rings. The summed E-state index contributed by atoms with van der Waals surface area (Å²) in [6, 6.07) is 8.11. The number of hydrogen-bond acceptors (Lipinski definition) is 5. The fourth-order valence-electron chi connectivity index (χ4n) is 4.18. The van der Waals surface area contributed by atoms with Gasteiger partial charge in [0.05, 0.1) is 17.6 Å². The number of urea groups is 1. The lowest BCUT2D eigenvalue weighted by Crippen LogP contribution is -2.39. The summed E-state index contributed by atoms with van der Waals surface area (Å²) < 4.78 is 1.72. The molecule has 1 aromatic carbocycles. The molecule has 1 saturated heterocycles. The molecule has 0 spiro atoms. The number of rotatable bonds is 5. The number of nitrogens with zero attached hydrogens (tertiary/aromatic N) is 5. The van der Waals surface area contributed by atoms with Gasteiger partial charge >= 0.3 is 6.03 Å². The van der Waals surface area contributed by atoms with E-state index in [9.17, 15) is 4.79 Å². The molecule has 174 valence electrons. The quantitative estimate of drug-likeness (QED) is 0.601. The second kappa shape index (κ2) is 9.21. The zero-order chi connectivity index (χ0) is 23.6. The minimum atomic E-state index is 0.0205. The molecule has 2 N–H and O–H groups in total. The lowest BCUT2D eigenvalue weighted by Gasteiger charge is -2.27. The number of aromatic nitrogens is 4. The fraction of sp³-hybridized carbons (Fsp3) is 0.440. The minimum absolute atomic E-state index is 0.0205. The maximum absolute atomic E-state index is 12.7. The van der Waals surface area contributed by atoms with Gasteiger partial charge < -0.3 is 15.5 Å². The van der Waals surface area contributed by atoms with Crippen LogP contribution in [-0.4, -0.2) is 43.8 Å². The molecule has 33 heavy (non-hydrogen) atoms. The lowest BCUT2D eigenvalue weighted by atomic mass is 9.80. The van der Waals surface area contributed by atoms with Gasteiger partial charge in [0.1, 0.15) is 0 Å². The predicted octanol–water partition coefficient (Wildman–Crippen LogP) is 4.51. The van der Waals surface area contributed by atoms with Crippen molar-refractivity contribution in [2.45, 2.75) is 40.7 Å². The molecule has 0 bridgehead atoms. The van der Waals surface area contributed by atoms with Crippen molar-refractivity contribution in [3.63, 3.8) is 0 Å². The number of carbonyl (C=O) groups excluding carboxylic acids is 1. The number of aryl methyl sites for hydroxylation is 2. The van der Waals surface area contributed by atoms with E-state index in [2.05, 4.69) is 65.5 Å². The molecule has 3 aromatic rings. The number of nitrogens with one attached hydrogen (secondary N) is 2. The Kier molecular flexibility index (Phi) is 6.35. The van der Waals surface area contributed by atoms with Gasteiger partial charge in [-0.25, -0.2) is 14.8 Å². The van der Waals surface area contributed by atoms with E-state index in [0.717, 1.165) is 47.6 Å². The van der Waals surface area contributed by atoms with Gasteiger partial charge in [0.25, 0.3) is 0 Å². The van der Waals surface area contributed by atoms with Crippen molar-refractivity contribution in [1.29, 1.82) is 0 Å². The van der Waals surface area contributed by atoms with Gasteiger partial charge in [-0.3, -0.25) is 4.68 Å². The predicted molar refractivity (Wildman–Crippen MR) is 130 cm³/mol. The second-order valence-electron chi connectivity index (χ2n) is 9.89. The highest BCUT2D eigenvalue weighted by Crippen LogP contribution is 2.33. The summed E-state index contributed by atoms with van der Waals surface area (Å²) in [6.45, 7) is 11.0. The second-order valence-corrected chi connectivity index (χ2v) is 9.89. The van der Waals surface area contributed by atoms with Crippen molar-refractivity contribution < 1.29 is 4.79 Å². The molecule has 0 unspecified atom stereocenters. The molecule has 0 aliphatic carbocycles. The van der Waals surface area contributed by atoms with Crippen LogP contribution in [0.3, 0.4) is 0 Å². The molecular weight excluding hydrogens is 414 g/mol. The zero-order valence-corrected chi connectivity index (χ0v) is 20.1. The summed E-state index contributed by atoms with van der Waals surface area (Å²) in [5.41, 5.74) is 5.12. The van der Waals surface area contributed by atoms with Crippen LogP contribution in [0.2, 0.25) is 0 Å². The number of amides is 2. The van der Waals surface area contributed by atoms with Gasteiger partial charge in [0.2, 0.25) is 5.95 Å². The van der Waals surface area contributed by atoms with Crippen LogP contribution in [0.5, 0.6) is 0 Å². The molecule has 2 aromatic heterocycles. The summed E-state index contributed by atoms with van der Waals surface area (Å²) >= 11 is 0. The Balaban J connectivity index is 1.38. The minimum Gasteiger partial charge on any atom is -0.334 e. The van der Waals surface area contributed by atoms with Crippen LogP contribution in [0.4, 0.5) is 16.4 Å². The highest BCUT2D eigenvalue weighted by atomic mass is 16.2. The molecule has 1 fully saturated rings. The van der Waals surface area contributed by atoms with Gasteiger partial charge in [0, 0.05) is 44.6 Å². The summed E-state index contributed by atoms with van der Waals surface area (Å²) in [5.74, 6) is 1.07. The smallest absolute Gasteiger partial charge is 0.317 e. The molecule has 8 nitrogen and oxygen atoms in total. The van der Waals surface area contributed by atoms with E-state index < -0.39 is 0 Å². The third kappa shape index (κ3) is 5.50. The Bertz CT molecular complexity index is 1130. The van der Waals surface area contributed by atoms with E-state index in [1.807, 2.05) is 30.3 Å².